The molecule has 8 heteroatoms. The molecule has 0 bridgehead atoms. The lowest BCUT2D eigenvalue weighted by Crippen LogP contribution is -2.16. The molecule has 2 aromatic carbocycles. The largest absolute Gasteiger partial charge is 0.497 e. The van der Waals surface area contributed by atoms with Crippen LogP contribution in [-0.2, 0) is 6.61 Å². The zero-order valence-electron chi connectivity index (χ0n) is 15.1. The van der Waals surface area contributed by atoms with Crippen LogP contribution in [-0.4, -0.2) is 33.5 Å². The van der Waals surface area contributed by atoms with Gasteiger partial charge in [0.25, 0.3) is 0 Å². The summed E-state index contributed by atoms with van der Waals surface area (Å²) in [7, 11) is 1.58. The van der Waals surface area contributed by atoms with E-state index in [2.05, 4.69) is 10.2 Å². The summed E-state index contributed by atoms with van der Waals surface area (Å²) < 4.78 is 12.1. The van der Waals surface area contributed by atoms with E-state index in [4.69, 9.17) is 15.3 Å². The highest BCUT2D eigenvalue weighted by atomic mass is 32.2. The smallest absolute Gasteiger partial charge is 0.210 e. The minimum Gasteiger partial charge on any atom is -0.497 e. The van der Waals surface area contributed by atoms with E-state index in [-0.39, 0.29) is 18.1 Å². The molecule has 0 amide bonds. The number of rotatable bonds is 8. The molecular formula is C19H20N4O3S. The summed E-state index contributed by atoms with van der Waals surface area (Å²) in [6.07, 6.45) is 0. The molecule has 0 aliphatic rings. The number of benzene rings is 2. The van der Waals surface area contributed by atoms with Crippen LogP contribution in [0, 0.1) is 6.92 Å². The topological polar surface area (TPSA) is 92.3 Å². The summed E-state index contributed by atoms with van der Waals surface area (Å²) in [6.45, 7) is 2.20. The van der Waals surface area contributed by atoms with Gasteiger partial charge in [0.05, 0.1) is 12.9 Å². The third-order valence-corrected chi connectivity index (χ3v) is 4.81. The molecule has 7 nitrogen and oxygen atoms in total. The molecule has 0 atom stereocenters. The first-order valence-electron chi connectivity index (χ1n) is 8.25. The number of thioether (sulfide) groups is 1. The van der Waals surface area contributed by atoms with Gasteiger partial charge in [-0.25, -0.2) is 4.68 Å². The van der Waals surface area contributed by atoms with Crippen LogP contribution < -0.4 is 15.3 Å². The van der Waals surface area contributed by atoms with Gasteiger partial charge in [0.1, 0.15) is 18.1 Å². The molecule has 1 aromatic heterocycles. The molecule has 0 spiro atoms. The zero-order valence-corrected chi connectivity index (χ0v) is 15.9. The minimum atomic E-state index is -0.0249. The van der Waals surface area contributed by atoms with Crippen LogP contribution in [0.4, 0.5) is 0 Å². The monoisotopic (exact) mass is 384 g/mol. The lowest BCUT2D eigenvalue weighted by molar-refractivity contribution is 0.102. The maximum atomic E-state index is 12.3. The number of hydrogen-bond acceptors (Lipinski definition) is 7. The van der Waals surface area contributed by atoms with Gasteiger partial charge in [-0.15, -0.1) is 10.2 Å². The number of Topliss-reactive ketones (excluding diaryl/α,β-unsaturated/α-hetero) is 1. The molecule has 3 rings (SSSR count). The summed E-state index contributed by atoms with van der Waals surface area (Å²) in [6, 6.07) is 14.7. The summed E-state index contributed by atoms with van der Waals surface area (Å²) in [4.78, 5) is 12.3. The predicted octanol–water partition coefficient (Wildman–Crippen LogP) is 2.86. The SMILES string of the molecule is COc1ccc(C(=O)CSc2nnc(COc3ccc(C)cc3)n2N)cc1. The van der Waals surface area contributed by atoms with Crippen molar-refractivity contribution in [3.05, 3.63) is 65.5 Å². The van der Waals surface area contributed by atoms with Crippen molar-refractivity contribution in [2.24, 2.45) is 0 Å². The predicted molar refractivity (Wildman–Crippen MR) is 104 cm³/mol. The third-order valence-electron chi connectivity index (χ3n) is 3.87. The lowest BCUT2D eigenvalue weighted by atomic mass is 10.1. The average molecular weight is 384 g/mol. The number of hydrogen-bond donors (Lipinski definition) is 1. The fraction of sp³-hybridized carbons (Fsp3) is 0.211. The van der Waals surface area contributed by atoms with Crippen molar-refractivity contribution in [1.82, 2.24) is 14.9 Å². The van der Waals surface area contributed by atoms with Crippen LogP contribution in [0.2, 0.25) is 0 Å². The van der Waals surface area contributed by atoms with E-state index in [9.17, 15) is 4.79 Å². The second-order valence-corrected chi connectivity index (χ2v) is 6.75. The van der Waals surface area contributed by atoms with Gasteiger partial charge in [-0.05, 0) is 43.3 Å². The highest BCUT2D eigenvalue weighted by Crippen LogP contribution is 2.19. The molecule has 0 unspecified atom stereocenters. The van der Waals surface area contributed by atoms with Gasteiger partial charge in [-0.2, -0.15) is 0 Å². The molecule has 140 valence electrons. The third kappa shape index (κ3) is 4.79. The molecule has 0 fully saturated rings. The summed E-state index contributed by atoms with van der Waals surface area (Å²) in [5.74, 6) is 8.12. The maximum Gasteiger partial charge on any atom is 0.210 e. The second-order valence-electron chi connectivity index (χ2n) is 5.81. The van der Waals surface area contributed by atoms with E-state index >= 15 is 0 Å². The van der Waals surface area contributed by atoms with Crippen LogP contribution in [0.25, 0.3) is 0 Å². The molecule has 2 N–H and O–H groups in total. The number of nitrogens with zero attached hydrogens (tertiary/aromatic N) is 3. The fourth-order valence-corrected chi connectivity index (χ4v) is 3.05. The van der Waals surface area contributed by atoms with Crippen molar-refractivity contribution >= 4 is 17.5 Å². The highest BCUT2D eigenvalue weighted by molar-refractivity contribution is 7.99. The Balaban J connectivity index is 1.56. The molecule has 3 aromatic rings. The summed E-state index contributed by atoms with van der Waals surface area (Å²) >= 11 is 1.23. The van der Waals surface area contributed by atoms with E-state index < -0.39 is 0 Å². The van der Waals surface area contributed by atoms with E-state index in [0.717, 1.165) is 11.3 Å². The van der Waals surface area contributed by atoms with Crippen LogP contribution in [0.3, 0.4) is 0 Å². The van der Waals surface area contributed by atoms with Crippen molar-refractivity contribution in [3.8, 4) is 11.5 Å². The first-order chi connectivity index (χ1) is 13.1. The normalized spacial score (nSPS) is 10.6. The standard InChI is InChI=1S/C19H20N4O3S/c1-13-3-7-16(8-4-13)26-11-18-21-22-19(23(18)20)27-12-17(24)14-5-9-15(25-2)10-6-14/h3-10H,11-12,20H2,1-2H3. The fourth-order valence-electron chi connectivity index (χ4n) is 2.28. The molecule has 0 radical (unpaired) electrons. The quantitative estimate of drug-likeness (QED) is 0.363. The first-order valence-corrected chi connectivity index (χ1v) is 9.24. The van der Waals surface area contributed by atoms with Crippen molar-refractivity contribution in [2.45, 2.75) is 18.7 Å². The Bertz CT molecular complexity index is 908. The Labute approximate surface area is 161 Å². The number of nitrogen functional groups attached to an aromatic ring is 1. The Morgan fingerprint density at radius 3 is 2.41 bits per heavy atom. The number of carbonyl (C=O) groups excluding carboxylic acids is 1. The number of carbonyl (C=O) groups is 1. The lowest BCUT2D eigenvalue weighted by Gasteiger charge is -2.06. The molecule has 0 aliphatic heterocycles. The summed E-state index contributed by atoms with van der Waals surface area (Å²) in [5.41, 5.74) is 1.76. The van der Waals surface area contributed by atoms with Crippen LogP contribution in [0.15, 0.2) is 53.7 Å². The van der Waals surface area contributed by atoms with Crippen molar-refractivity contribution < 1.29 is 14.3 Å². The van der Waals surface area contributed by atoms with E-state index in [1.54, 1.807) is 31.4 Å². The molecule has 27 heavy (non-hydrogen) atoms. The van der Waals surface area contributed by atoms with Crippen molar-refractivity contribution in [1.29, 1.82) is 0 Å². The number of ether oxygens (including phenoxy) is 2. The number of ketones is 1. The Morgan fingerprint density at radius 1 is 1.07 bits per heavy atom. The van der Waals surface area contributed by atoms with E-state index in [0.29, 0.717) is 22.3 Å². The number of aromatic nitrogens is 3. The minimum absolute atomic E-state index is 0.0249. The van der Waals surface area contributed by atoms with Crippen LogP contribution >= 0.6 is 11.8 Å². The zero-order chi connectivity index (χ0) is 19.2. The van der Waals surface area contributed by atoms with Gasteiger partial charge in [-0.3, -0.25) is 4.79 Å². The van der Waals surface area contributed by atoms with Crippen molar-refractivity contribution in [3.63, 3.8) is 0 Å². The number of methoxy groups -OCH3 is 1. The Hall–Kier alpha value is -3.00. The van der Waals surface area contributed by atoms with Crippen molar-refractivity contribution in [2.75, 3.05) is 18.7 Å². The molecule has 1 heterocycles. The van der Waals surface area contributed by atoms with Gasteiger partial charge >= 0.3 is 0 Å². The number of aryl methyl sites for hydroxylation is 1. The molecule has 0 saturated carbocycles. The first kappa shape index (κ1) is 18.8. The van der Waals surface area contributed by atoms with Gasteiger partial charge < -0.3 is 15.3 Å². The molecule has 0 saturated heterocycles. The van der Waals surface area contributed by atoms with Crippen LogP contribution in [0.5, 0.6) is 11.5 Å². The highest BCUT2D eigenvalue weighted by Gasteiger charge is 2.14. The van der Waals surface area contributed by atoms with Crippen LogP contribution in [0.1, 0.15) is 21.7 Å². The van der Waals surface area contributed by atoms with E-state index in [1.165, 1.54) is 16.4 Å². The maximum absolute atomic E-state index is 12.3. The Kier molecular flexibility index (Phi) is 5.97. The van der Waals surface area contributed by atoms with Gasteiger partial charge in [0, 0.05) is 5.56 Å². The van der Waals surface area contributed by atoms with Gasteiger partial charge in [0.2, 0.25) is 5.16 Å². The number of nitrogens with two attached hydrogens (primary N) is 1. The molecular weight excluding hydrogens is 364 g/mol. The Morgan fingerprint density at radius 2 is 1.74 bits per heavy atom. The second kappa shape index (κ2) is 8.59. The van der Waals surface area contributed by atoms with E-state index in [1.807, 2.05) is 31.2 Å². The summed E-state index contributed by atoms with van der Waals surface area (Å²) in [5, 5.41) is 8.53. The van der Waals surface area contributed by atoms with Gasteiger partial charge in [-0.1, -0.05) is 29.5 Å². The van der Waals surface area contributed by atoms with Gasteiger partial charge in [0.15, 0.2) is 11.6 Å². The molecule has 0 aliphatic carbocycles. The average Bonchev–Trinajstić information content (AvgIpc) is 3.05.